The molecule has 1 heterocycles. The Bertz CT molecular complexity index is 561. The smallest absolute Gasteiger partial charge is 0.139 e. The van der Waals surface area contributed by atoms with Gasteiger partial charge in [-0.1, -0.05) is 37.6 Å². The normalized spacial score (nSPS) is 16.9. The van der Waals surface area contributed by atoms with Crippen LogP contribution in [0.5, 0.6) is 0 Å². The SMILES string of the molecule is CCc1ccc(-c2nccn2CC2(CO)CCC2)cc1. The fraction of sp³-hybridized carbons (Fsp3) is 0.471. The van der Waals surface area contributed by atoms with Gasteiger partial charge in [0.1, 0.15) is 5.82 Å². The predicted molar refractivity (Wildman–Crippen MR) is 80.4 cm³/mol. The van der Waals surface area contributed by atoms with Crippen LogP contribution in [-0.2, 0) is 13.0 Å². The molecule has 3 nitrogen and oxygen atoms in total. The topological polar surface area (TPSA) is 38.0 Å². The summed E-state index contributed by atoms with van der Waals surface area (Å²) in [4.78, 5) is 4.50. The Morgan fingerprint density at radius 1 is 1.25 bits per heavy atom. The van der Waals surface area contributed by atoms with Gasteiger partial charge in [0.2, 0.25) is 0 Å². The van der Waals surface area contributed by atoms with Crippen molar-refractivity contribution in [2.45, 2.75) is 39.2 Å². The van der Waals surface area contributed by atoms with Crippen LogP contribution in [-0.4, -0.2) is 21.3 Å². The van der Waals surface area contributed by atoms with Crippen LogP contribution in [0.4, 0.5) is 0 Å². The fourth-order valence-corrected chi connectivity index (χ4v) is 2.99. The van der Waals surface area contributed by atoms with Crippen molar-refractivity contribution in [1.29, 1.82) is 0 Å². The first-order valence-electron chi connectivity index (χ1n) is 7.48. The average molecular weight is 270 g/mol. The van der Waals surface area contributed by atoms with Crippen LogP contribution in [0.1, 0.15) is 31.7 Å². The lowest BCUT2D eigenvalue weighted by Crippen LogP contribution is -2.37. The Balaban J connectivity index is 1.85. The average Bonchev–Trinajstić information content (AvgIpc) is 2.91. The highest BCUT2D eigenvalue weighted by atomic mass is 16.3. The van der Waals surface area contributed by atoms with E-state index in [2.05, 4.69) is 40.7 Å². The van der Waals surface area contributed by atoms with Crippen LogP contribution in [0.3, 0.4) is 0 Å². The Hall–Kier alpha value is -1.61. The molecule has 0 spiro atoms. The number of aryl methyl sites for hydroxylation is 1. The van der Waals surface area contributed by atoms with Crippen molar-refractivity contribution in [3.8, 4) is 11.4 Å². The number of hydrogen-bond donors (Lipinski definition) is 1. The number of aliphatic hydroxyl groups is 1. The van der Waals surface area contributed by atoms with Crippen LogP contribution < -0.4 is 0 Å². The molecule has 0 saturated heterocycles. The zero-order chi connectivity index (χ0) is 14.0. The fourth-order valence-electron chi connectivity index (χ4n) is 2.99. The van der Waals surface area contributed by atoms with Crippen molar-refractivity contribution in [3.05, 3.63) is 42.2 Å². The van der Waals surface area contributed by atoms with Gasteiger partial charge in [-0.05, 0) is 24.8 Å². The van der Waals surface area contributed by atoms with Crippen molar-refractivity contribution >= 4 is 0 Å². The molecule has 0 atom stereocenters. The van der Waals surface area contributed by atoms with Crippen LogP contribution in [0.25, 0.3) is 11.4 Å². The lowest BCUT2D eigenvalue weighted by atomic mass is 9.69. The minimum atomic E-state index is 0.0822. The van der Waals surface area contributed by atoms with E-state index in [9.17, 15) is 5.11 Å². The van der Waals surface area contributed by atoms with Gasteiger partial charge in [-0.25, -0.2) is 4.98 Å². The van der Waals surface area contributed by atoms with Gasteiger partial charge in [-0.15, -0.1) is 0 Å². The van der Waals surface area contributed by atoms with E-state index in [-0.39, 0.29) is 12.0 Å². The minimum absolute atomic E-state index is 0.0822. The molecule has 2 aromatic rings. The number of hydrogen-bond acceptors (Lipinski definition) is 2. The summed E-state index contributed by atoms with van der Waals surface area (Å²) < 4.78 is 2.19. The van der Waals surface area contributed by atoms with E-state index < -0.39 is 0 Å². The lowest BCUT2D eigenvalue weighted by Gasteiger charge is -2.40. The first kappa shape index (κ1) is 13.4. The molecule has 0 unspecified atom stereocenters. The van der Waals surface area contributed by atoms with E-state index in [1.807, 2.05) is 12.4 Å². The second kappa shape index (κ2) is 5.41. The second-order valence-electron chi connectivity index (χ2n) is 5.94. The molecule has 3 heteroatoms. The molecule has 0 radical (unpaired) electrons. The standard InChI is InChI=1S/C17H22N2O/c1-2-14-4-6-15(7-5-14)16-18-10-11-19(16)12-17(13-20)8-3-9-17/h4-7,10-11,20H,2-3,8-9,12-13H2,1H3. The zero-order valence-electron chi connectivity index (χ0n) is 12.0. The van der Waals surface area contributed by atoms with Crippen molar-refractivity contribution in [2.24, 2.45) is 5.41 Å². The summed E-state index contributed by atoms with van der Waals surface area (Å²) in [6, 6.07) is 8.62. The maximum atomic E-state index is 9.63. The van der Waals surface area contributed by atoms with E-state index in [4.69, 9.17) is 0 Å². The molecule has 1 saturated carbocycles. The molecule has 0 amide bonds. The van der Waals surface area contributed by atoms with Gasteiger partial charge in [0.25, 0.3) is 0 Å². The molecule has 0 bridgehead atoms. The summed E-state index contributed by atoms with van der Waals surface area (Å²) in [5, 5.41) is 9.63. The number of rotatable bonds is 5. The number of aliphatic hydroxyl groups excluding tert-OH is 1. The molecule has 1 N–H and O–H groups in total. The molecule has 1 aromatic heterocycles. The van der Waals surface area contributed by atoms with E-state index in [1.165, 1.54) is 12.0 Å². The Labute approximate surface area is 120 Å². The molecule has 1 aliphatic rings. The number of nitrogens with zero attached hydrogens (tertiary/aromatic N) is 2. The first-order valence-corrected chi connectivity index (χ1v) is 7.48. The van der Waals surface area contributed by atoms with E-state index >= 15 is 0 Å². The highest BCUT2D eigenvalue weighted by Gasteiger charge is 2.37. The lowest BCUT2D eigenvalue weighted by molar-refractivity contribution is 0.0280. The summed E-state index contributed by atoms with van der Waals surface area (Å²) in [7, 11) is 0. The summed E-state index contributed by atoms with van der Waals surface area (Å²) in [5.41, 5.74) is 2.58. The van der Waals surface area contributed by atoms with Gasteiger partial charge < -0.3 is 9.67 Å². The molecular formula is C17H22N2O. The first-order chi connectivity index (χ1) is 9.76. The van der Waals surface area contributed by atoms with Crippen LogP contribution in [0.2, 0.25) is 0 Å². The molecule has 1 aliphatic carbocycles. The Morgan fingerprint density at radius 3 is 2.55 bits per heavy atom. The molecule has 20 heavy (non-hydrogen) atoms. The number of imidazole rings is 1. The number of aromatic nitrogens is 2. The van der Waals surface area contributed by atoms with E-state index in [0.29, 0.717) is 0 Å². The summed E-state index contributed by atoms with van der Waals surface area (Å²) in [6.45, 7) is 3.31. The third-order valence-electron chi connectivity index (χ3n) is 4.59. The van der Waals surface area contributed by atoms with Gasteiger partial charge in [0.05, 0.1) is 6.61 Å². The Morgan fingerprint density at radius 2 is 2.00 bits per heavy atom. The third kappa shape index (κ3) is 2.38. The number of benzene rings is 1. The van der Waals surface area contributed by atoms with Gasteiger partial charge in [0, 0.05) is 29.9 Å². The molecule has 3 rings (SSSR count). The minimum Gasteiger partial charge on any atom is -0.396 e. The predicted octanol–water partition coefficient (Wildman–Crippen LogP) is 3.28. The quantitative estimate of drug-likeness (QED) is 0.905. The van der Waals surface area contributed by atoms with Gasteiger partial charge in [-0.2, -0.15) is 0 Å². The van der Waals surface area contributed by atoms with Gasteiger partial charge >= 0.3 is 0 Å². The highest BCUT2D eigenvalue weighted by molar-refractivity contribution is 5.56. The van der Waals surface area contributed by atoms with Crippen LogP contribution >= 0.6 is 0 Å². The molecule has 1 aromatic carbocycles. The molecule has 106 valence electrons. The monoisotopic (exact) mass is 270 g/mol. The van der Waals surface area contributed by atoms with E-state index in [1.54, 1.807) is 0 Å². The summed E-state index contributed by atoms with van der Waals surface area (Å²) in [6.07, 6.45) is 8.41. The third-order valence-corrected chi connectivity index (χ3v) is 4.59. The van der Waals surface area contributed by atoms with Gasteiger partial charge in [-0.3, -0.25) is 0 Å². The van der Waals surface area contributed by atoms with Crippen LogP contribution in [0, 0.1) is 5.41 Å². The summed E-state index contributed by atoms with van der Waals surface area (Å²) >= 11 is 0. The van der Waals surface area contributed by atoms with Crippen molar-refractivity contribution in [3.63, 3.8) is 0 Å². The molecule has 0 aliphatic heterocycles. The summed E-state index contributed by atoms with van der Waals surface area (Å²) in [5.74, 6) is 1.01. The molecular weight excluding hydrogens is 248 g/mol. The maximum absolute atomic E-state index is 9.63. The van der Waals surface area contributed by atoms with Gasteiger partial charge in [0.15, 0.2) is 0 Å². The second-order valence-corrected chi connectivity index (χ2v) is 5.94. The van der Waals surface area contributed by atoms with Crippen molar-refractivity contribution < 1.29 is 5.11 Å². The largest absolute Gasteiger partial charge is 0.396 e. The molecule has 1 fully saturated rings. The highest BCUT2D eigenvalue weighted by Crippen LogP contribution is 2.42. The van der Waals surface area contributed by atoms with Crippen molar-refractivity contribution in [2.75, 3.05) is 6.61 Å². The van der Waals surface area contributed by atoms with Crippen LogP contribution in [0.15, 0.2) is 36.7 Å². The van der Waals surface area contributed by atoms with E-state index in [0.717, 1.165) is 37.2 Å². The zero-order valence-corrected chi connectivity index (χ0v) is 12.0. The maximum Gasteiger partial charge on any atom is 0.139 e. The van der Waals surface area contributed by atoms with Crippen molar-refractivity contribution in [1.82, 2.24) is 9.55 Å². The Kier molecular flexibility index (Phi) is 3.62.